The first-order valence-corrected chi connectivity index (χ1v) is 6.74. The van der Waals surface area contributed by atoms with Gasteiger partial charge in [-0.1, -0.05) is 21.1 Å². The van der Waals surface area contributed by atoms with Gasteiger partial charge in [0.1, 0.15) is 11.8 Å². The third kappa shape index (κ3) is 5.06. The fraction of sp³-hybridized carbons (Fsp3) is 0.636. The maximum atomic E-state index is 13.0. The van der Waals surface area contributed by atoms with Gasteiger partial charge in [-0.2, -0.15) is 4.68 Å². The average Bonchev–Trinajstić information content (AvgIpc) is 2.75. The monoisotopic (exact) mass is 335 g/mol. The number of alkyl halides is 2. The second-order valence-corrected chi connectivity index (χ2v) is 5.55. The maximum Gasteiger partial charge on any atom is 0.361 e. The predicted octanol–water partition coefficient (Wildman–Crippen LogP) is 2.00. The zero-order valence-corrected chi connectivity index (χ0v) is 12.5. The molecule has 1 aromatic rings. The molecule has 1 heterocycles. The SMILES string of the molecule is CC(C)(C)OC(=O)c1cn(C(=O)CC(F)CBr)nn1. The minimum Gasteiger partial charge on any atom is -0.455 e. The van der Waals surface area contributed by atoms with E-state index in [4.69, 9.17) is 4.74 Å². The average molecular weight is 336 g/mol. The lowest BCUT2D eigenvalue weighted by Crippen LogP contribution is -2.24. The smallest absolute Gasteiger partial charge is 0.361 e. The molecule has 1 aromatic heterocycles. The third-order valence-electron chi connectivity index (χ3n) is 1.92. The number of aromatic nitrogens is 3. The Morgan fingerprint density at radius 1 is 1.53 bits per heavy atom. The number of hydrogen-bond acceptors (Lipinski definition) is 5. The second-order valence-electron chi connectivity index (χ2n) is 4.90. The molecule has 0 fully saturated rings. The first-order valence-electron chi connectivity index (χ1n) is 5.62. The van der Waals surface area contributed by atoms with Crippen LogP contribution >= 0.6 is 15.9 Å². The number of carbonyl (C=O) groups excluding carboxylic acids is 2. The zero-order valence-electron chi connectivity index (χ0n) is 10.9. The van der Waals surface area contributed by atoms with E-state index in [1.807, 2.05) is 0 Å². The molecule has 0 saturated heterocycles. The Morgan fingerprint density at radius 2 is 2.16 bits per heavy atom. The Kier molecular flexibility index (Phi) is 5.16. The minimum atomic E-state index is -1.30. The van der Waals surface area contributed by atoms with Crippen LogP contribution in [0.3, 0.4) is 0 Å². The van der Waals surface area contributed by atoms with Crippen LogP contribution in [0.25, 0.3) is 0 Å². The molecule has 0 radical (unpaired) electrons. The lowest BCUT2D eigenvalue weighted by Gasteiger charge is -2.18. The van der Waals surface area contributed by atoms with Crippen molar-refractivity contribution in [1.29, 1.82) is 0 Å². The molecule has 0 spiro atoms. The summed E-state index contributed by atoms with van der Waals surface area (Å²) in [5, 5.41) is 7.09. The summed E-state index contributed by atoms with van der Waals surface area (Å²) in [6.07, 6.45) is -0.499. The normalized spacial score (nSPS) is 13.1. The van der Waals surface area contributed by atoms with Crippen LogP contribution < -0.4 is 0 Å². The summed E-state index contributed by atoms with van der Waals surface area (Å²) in [5.41, 5.74) is -0.747. The van der Waals surface area contributed by atoms with Crippen molar-refractivity contribution in [1.82, 2.24) is 15.0 Å². The highest BCUT2D eigenvalue weighted by atomic mass is 79.9. The molecule has 0 aliphatic carbocycles. The molecule has 0 aromatic carbocycles. The number of esters is 1. The van der Waals surface area contributed by atoms with Crippen molar-refractivity contribution in [2.75, 3.05) is 5.33 Å². The van der Waals surface area contributed by atoms with Crippen LogP contribution in [0, 0.1) is 0 Å². The lowest BCUT2D eigenvalue weighted by atomic mass is 10.2. The summed E-state index contributed by atoms with van der Waals surface area (Å²) in [4.78, 5) is 23.2. The number of nitrogens with zero attached hydrogens (tertiary/aromatic N) is 3. The van der Waals surface area contributed by atoms with E-state index in [1.54, 1.807) is 20.8 Å². The molecule has 8 heteroatoms. The summed E-state index contributed by atoms with van der Waals surface area (Å²) in [5.74, 6) is -1.25. The van der Waals surface area contributed by atoms with Crippen LogP contribution in [0.15, 0.2) is 6.20 Å². The topological polar surface area (TPSA) is 74.1 Å². The van der Waals surface area contributed by atoms with Gasteiger partial charge in [-0.3, -0.25) is 4.79 Å². The fourth-order valence-electron chi connectivity index (χ4n) is 1.15. The van der Waals surface area contributed by atoms with Crippen LogP contribution in [-0.4, -0.2) is 44.0 Å². The molecule has 1 unspecified atom stereocenters. The van der Waals surface area contributed by atoms with Crippen molar-refractivity contribution >= 4 is 27.8 Å². The van der Waals surface area contributed by atoms with Crippen molar-refractivity contribution in [3.05, 3.63) is 11.9 Å². The van der Waals surface area contributed by atoms with Crippen LogP contribution in [0.1, 0.15) is 42.5 Å². The molecular weight excluding hydrogens is 321 g/mol. The molecular formula is C11H15BrFN3O3. The number of rotatable bonds is 4. The van der Waals surface area contributed by atoms with E-state index in [0.29, 0.717) is 0 Å². The van der Waals surface area contributed by atoms with Crippen LogP contribution in [0.5, 0.6) is 0 Å². The first kappa shape index (κ1) is 15.7. The van der Waals surface area contributed by atoms with E-state index in [1.165, 1.54) is 0 Å². The van der Waals surface area contributed by atoms with E-state index in [9.17, 15) is 14.0 Å². The molecule has 0 aliphatic rings. The minimum absolute atomic E-state index is 0.0619. The van der Waals surface area contributed by atoms with Crippen molar-refractivity contribution in [2.24, 2.45) is 0 Å². The van der Waals surface area contributed by atoms with Gasteiger partial charge in [-0.25, -0.2) is 9.18 Å². The summed E-state index contributed by atoms with van der Waals surface area (Å²) in [7, 11) is 0. The van der Waals surface area contributed by atoms with E-state index >= 15 is 0 Å². The van der Waals surface area contributed by atoms with Gasteiger partial charge in [0.05, 0.1) is 12.6 Å². The lowest BCUT2D eigenvalue weighted by molar-refractivity contribution is 0.00627. The summed E-state index contributed by atoms with van der Waals surface area (Å²) < 4.78 is 18.9. The van der Waals surface area contributed by atoms with Crippen molar-refractivity contribution < 1.29 is 18.7 Å². The molecule has 1 atom stereocenters. The van der Waals surface area contributed by atoms with Crippen LogP contribution in [-0.2, 0) is 4.74 Å². The van der Waals surface area contributed by atoms with Crippen LogP contribution in [0.2, 0.25) is 0 Å². The van der Waals surface area contributed by atoms with Crippen molar-refractivity contribution in [2.45, 2.75) is 39.0 Å². The number of ether oxygens (including phenoxy) is 1. The third-order valence-corrected chi connectivity index (χ3v) is 2.62. The van der Waals surface area contributed by atoms with E-state index in [2.05, 4.69) is 26.2 Å². The number of halogens is 2. The van der Waals surface area contributed by atoms with Gasteiger partial charge in [-0.05, 0) is 20.8 Å². The second kappa shape index (κ2) is 6.23. The Morgan fingerprint density at radius 3 is 2.68 bits per heavy atom. The quantitative estimate of drug-likeness (QED) is 0.621. The zero-order chi connectivity index (χ0) is 14.6. The largest absolute Gasteiger partial charge is 0.455 e. The van der Waals surface area contributed by atoms with Gasteiger partial charge in [-0.15, -0.1) is 5.10 Å². The van der Waals surface area contributed by atoms with Gasteiger partial charge in [0, 0.05) is 5.33 Å². The highest BCUT2D eigenvalue weighted by molar-refractivity contribution is 9.09. The molecule has 0 aliphatic heterocycles. The predicted molar refractivity (Wildman–Crippen MR) is 69.1 cm³/mol. The highest BCUT2D eigenvalue weighted by Crippen LogP contribution is 2.11. The first-order chi connectivity index (χ1) is 8.73. The standard InChI is InChI=1S/C11H15BrFN3O3/c1-11(2,3)19-10(18)8-6-16(15-14-8)9(17)4-7(13)5-12/h6-7H,4-5H2,1-3H3. The molecule has 19 heavy (non-hydrogen) atoms. The van der Waals surface area contributed by atoms with Crippen LogP contribution in [0.4, 0.5) is 4.39 Å². The van der Waals surface area contributed by atoms with Crippen molar-refractivity contribution in [3.63, 3.8) is 0 Å². The van der Waals surface area contributed by atoms with Gasteiger partial charge in [0.2, 0.25) is 0 Å². The van der Waals surface area contributed by atoms with Crippen molar-refractivity contribution in [3.8, 4) is 0 Å². The number of hydrogen-bond donors (Lipinski definition) is 0. The fourth-order valence-corrected chi connectivity index (χ4v) is 1.38. The highest BCUT2D eigenvalue weighted by Gasteiger charge is 2.22. The molecule has 1 rings (SSSR count). The molecule has 0 bridgehead atoms. The molecule has 0 amide bonds. The summed E-state index contributed by atoms with van der Waals surface area (Å²) in [6.45, 7) is 5.14. The van der Waals surface area contributed by atoms with Gasteiger partial charge < -0.3 is 4.74 Å². The summed E-state index contributed by atoms with van der Waals surface area (Å²) in [6, 6.07) is 0. The Labute approximate surface area is 118 Å². The Hall–Kier alpha value is -1.31. The number of carbonyl (C=O) groups is 2. The molecule has 0 N–H and O–H groups in total. The summed E-state index contributed by atoms with van der Waals surface area (Å²) >= 11 is 2.93. The molecule has 106 valence electrons. The molecule has 6 nitrogen and oxygen atoms in total. The van der Waals surface area contributed by atoms with Gasteiger partial charge >= 0.3 is 5.97 Å². The molecule has 0 saturated carbocycles. The maximum absolute atomic E-state index is 13.0. The van der Waals surface area contributed by atoms with Gasteiger partial charge in [0.15, 0.2) is 5.69 Å². The van der Waals surface area contributed by atoms with E-state index in [0.717, 1.165) is 10.9 Å². The van der Waals surface area contributed by atoms with E-state index in [-0.39, 0.29) is 17.4 Å². The Bertz CT molecular complexity index is 470. The van der Waals surface area contributed by atoms with E-state index < -0.39 is 23.6 Å². The Balaban J connectivity index is 2.72. The van der Waals surface area contributed by atoms with Gasteiger partial charge in [0.25, 0.3) is 5.91 Å².